The fraction of sp³-hybridized carbons (Fsp3) is 1.00. The van der Waals surface area contributed by atoms with E-state index in [0.29, 0.717) is 38.3 Å². The van der Waals surface area contributed by atoms with Gasteiger partial charge in [0.25, 0.3) is 0 Å². The highest BCUT2D eigenvalue weighted by molar-refractivity contribution is 4.42. The lowest BCUT2D eigenvalue weighted by Gasteiger charge is -2.07. The lowest BCUT2D eigenvalue weighted by Crippen LogP contribution is -2.09. The molecule has 0 fully saturated rings. The first-order valence-electron chi connectivity index (χ1n) is 6.99. The molecule has 0 rings (SSSR count). The van der Waals surface area contributed by atoms with Crippen molar-refractivity contribution in [3.05, 3.63) is 0 Å². The van der Waals surface area contributed by atoms with Crippen LogP contribution in [0.15, 0.2) is 0 Å². The van der Waals surface area contributed by atoms with Gasteiger partial charge in [0.2, 0.25) is 0 Å². The molecule has 0 heterocycles. The number of ether oxygens (including phenoxy) is 3. The molecule has 0 bridgehead atoms. The van der Waals surface area contributed by atoms with Crippen LogP contribution in [-0.2, 0) is 14.2 Å². The molecule has 2 N–H and O–H groups in total. The predicted octanol–water partition coefficient (Wildman–Crippen LogP) is 1.32. The lowest BCUT2D eigenvalue weighted by atomic mass is 10.2. The zero-order valence-corrected chi connectivity index (χ0v) is 12.9. The van der Waals surface area contributed by atoms with Crippen molar-refractivity contribution in [1.82, 2.24) is 0 Å². The Morgan fingerprint density at radius 2 is 1.00 bits per heavy atom. The highest BCUT2D eigenvalue weighted by Crippen LogP contribution is 1.96. The molecule has 5 heteroatoms. The van der Waals surface area contributed by atoms with Gasteiger partial charge in [0.05, 0.1) is 39.6 Å². The molecule has 0 saturated carbocycles. The highest BCUT2D eigenvalue weighted by Gasteiger charge is 1.95. The van der Waals surface area contributed by atoms with Crippen LogP contribution in [0.1, 0.15) is 27.7 Å². The van der Waals surface area contributed by atoms with Crippen molar-refractivity contribution in [2.45, 2.75) is 27.7 Å². The maximum absolute atomic E-state index is 8.26. The van der Waals surface area contributed by atoms with Crippen molar-refractivity contribution in [1.29, 1.82) is 0 Å². The second kappa shape index (κ2) is 17.8. The summed E-state index contributed by atoms with van der Waals surface area (Å²) >= 11 is 0. The second-order valence-electron chi connectivity index (χ2n) is 5.00. The Balaban J connectivity index is 0. The van der Waals surface area contributed by atoms with Gasteiger partial charge in [-0.15, -0.1) is 0 Å². The third-order valence-corrected chi connectivity index (χ3v) is 1.75. The summed E-state index contributed by atoms with van der Waals surface area (Å²) in [5.74, 6) is 1.34. The van der Waals surface area contributed by atoms with Crippen LogP contribution in [0.2, 0.25) is 0 Å². The average molecular weight is 280 g/mol. The van der Waals surface area contributed by atoms with Crippen molar-refractivity contribution in [2.24, 2.45) is 11.8 Å². The molecule has 0 aromatic carbocycles. The van der Waals surface area contributed by atoms with Crippen molar-refractivity contribution in [2.75, 3.05) is 52.9 Å². The first-order valence-corrected chi connectivity index (χ1v) is 6.99. The number of aliphatic hydroxyl groups excluding tert-OH is 2. The van der Waals surface area contributed by atoms with Gasteiger partial charge in [-0.3, -0.25) is 0 Å². The van der Waals surface area contributed by atoms with E-state index in [0.717, 1.165) is 13.2 Å². The maximum Gasteiger partial charge on any atom is 0.0701 e. The van der Waals surface area contributed by atoms with Crippen LogP contribution in [0.5, 0.6) is 0 Å². The van der Waals surface area contributed by atoms with Gasteiger partial charge in [0.1, 0.15) is 0 Å². The summed E-state index contributed by atoms with van der Waals surface area (Å²) < 4.78 is 15.1. The topological polar surface area (TPSA) is 68.2 Å². The highest BCUT2D eigenvalue weighted by atomic mass is 16.5. The van der Waals surface area contributed by atoms with Gasteiger partial charge >= 0.3 is 0 Å². The Bertz CT molecular complexity index is 135. The molecule has 0 aliphatic rings. The number of hydrogen-bond acceptors (Lipinski definition) is 5. The molecule has 0 unspecified atom stereocenters. The summed E-state index contributed by atoms with van der Waals surface area (Å²) in [5.41, 5.74) is 0. The van der Waals surface area contributed by atoms with E-state index in [9.17, 15) is 0 Å². The largest absolute Gasteiger partial charge is 0.394 e. The number of rotatable bonds is 11. The summed E-state index contributed by atoms with van der Waals surface area (Å²) in [6.45, 7) is 12.2. The molecule has 0 radical (unpaired) electrons. The molecule has 0 saturated heterocycles. The summed E-state index contributed by atoms with van der Waals surface area (Å²) in [6, 6.07) is 0. The zero-order valence-electron chi connectivity index (χ0n) is 12.9. The second-order valence-corrected chi connectivity index (χ2v) is 5.00. The van der Waals surface area contributed by atoms with E-state index in [1.807, 2.05) is 0 Å². The normalized spacial score (nSPS) is 10.7. The van der Waals surface area contributed by atoms with Gasteiger partial charge in [-0.25, -0.2) is 0 Å². The lowest BCUT2D eigenvalue weighted by molar-refractivity contribution is 0.0222. The van der Waals surface area contributed by atoms with E-state index in [4.69, 9.17) is 24.4 Å². The predicted molar refractivity (Wildman–Crippen MR) is 76.3 cm³/mol. The van der Waals surface area contributed by atoms with Crippen molar-refractivity contribution < 1.29 is 24.4 Å². The zero-order chi connectivity index (χ0) is 14.9. The average Bonchev–Trinajstić information content (AvgIpc) is 2.33. The molecule has 118 valence electrons. The van der Waals surface area contributed by atoms with E-state index in [-0.39, 0.29) is 13.2 Å². The Labute approximate surface area is 117 Å². The Kier molecular flexibility index (Phi) is 19.8. The van der Waals surface area contributed by atoms with Crippen LogP contribution < -0.4 is 0 Å². The molecule has 0 atom stereocenters. The van der Waals surface area contributed by atoms with Gasteiger partial charge in [-0.05, 0) is 11.8 Å². The van der Waals surface area contributed by atoms with E-state index >= 15 is 0 Å². The first kappa shape index (κ1) is 21.1. The Morgan fingerprint density at radius 1 is 0.632 bits per heavy atom. The number of aliphatic hydroxyl groups is 2. The molecule has 5 nitrogen and oxygen atoms in total. The van der Waals surface area contributed by atoms with Crippen LogP contribution in [0.25, 0.3) is 0 Å². The minimum atomic E-state index is 0.0417. The first-order chi connectivity index (χ1) is 9.04. The van der Waals surface area contributed by atoms with Crippen LogP contribution in [0.3, 0.4) is 0 Å². The van der Waals surface area contributed by atoms with E-state index < -0.39 is 0 Å². The Hall–Kier alpha value is -0.200. The van der Waals surface area contributed by atoms with Crippen LogP contribution >= 0.6 is 0 Å². The van der Waals surface area contributed by atoms with Gasteiger partial charge in [-0.2, -0.15) is 0 Å². The minimum absolute atomic E-state index is 0.0417. The molecule has 0 aliphatic carbocycles. The summed E-state index contributed by atoms with van der Waals surface area (Å²) in [4.78, 5) is 0. The van der Waals surface area contributed by atoms with Crippen molar-refractivity contribution in [3.8, 4) is 0 Å². The summed E-state index contributed by atoms with van der Waals surface area (Å²) in [6.07, 6.45) is 0. The monoisotopic (exact) mass is 280 g/mol. The van der Waals surface area contributed by atoms with Crippen LogP contribution in [0.4, 0.5) is 0 Å². The van der Waals surface area contributed by atoms with Crippen LogP contribution in [-0.4, -0.2) is 63.1 Å². The fourth-order valence-electron chi connectivity index (χ4n) is 0.991. The molecular weight excluding hydrogens is 248 g/mol. The molecule has 0 amide bonds. The molecule has 0 aromatic rings. The van der Waals surface area contributed by atoms with E-state index in [1.54, 1.807) is 0 Å². The number of hydrogen-bond donors (Lipinski definition) is 2. The standard InChI is InChI=1S/C8H18O.C6H14O4/c1-7(2)5-9-6-8(3)4;7-1-3-9-5-6-10-4-2-8/h7-8H,5-6H2,1-4H3;7-8H,1-6H2. The molecule has 0 aliphatic heterocycles. The molecule has 0 aromatic heterocycles. The minimum Gasteiger partial charge on any atom is -0.394 e. The van der Waals surface area contributed by atoms with E-state index in [1.165, 1.54) is 0 Å². The van der Waals surface area contributed by atoms with Gasteiger partial charge in [0, 0.05) is 13.2 Å². The summed E-state index contributed by atoms with van der Waals surface area (Å²) in [5, 5.41) is 16.5. The maximum atomic E-state index is 8.26. The van der Waals surface area contributed by atoms with Gasteiger partial charge in [0.15, 0.2) is 0 Å². The van der Waals surface area contributed by atoms with Crippen molar-refractivity contribution >= 4 is 0 Å². The third kappa shape index (κ3) is 27.1. The quantitative estimate of drug-likeness (QED) is 0.559. The smallest absolute Gasteiger partial charge is 0.0701 e. The molecule has 0 spiro atoms. The van der Waals surface area contributed by atoms with Crippen molar-refractivity contribution in [3.63, 3.8) is 0 Å². The molecule has 19 heavy (non-hydrogen) atoms. The SMILES string of the molecule is CC(C)COCC(C)C.OCCOCCOCCO. The fourth-order valence-corrected chi connectivity index (χ4v) is 0.991. The van der Waals surface area contributed by atoms with Crippen LogP contribution in [0, 0.1) is 11.8 Å². The van der Waals surface area contributed by atoms with Gasteiger partial charge in [-0.1, -0.05) is 27.7 Å². The molecular formula is C14H32O5. The van der Waals surface area contributed by atoms with E-state index in [2.05, 4.69) is 27.7 Å². The third-order valence-electron chi connectivity index (χ3n) is 1.75. The Morgan fingerprint density at radius 3 is 1.26 bits per heavy atom. The van der Waals surface area contributed by atoms with Gasteiger partial charge < -0.3 is 24.4 Å². The summed E-state index contributed by atoms with van der Waals surface area (Å²) in [7, 11) is 0.